The Morgan fingerprint density at radius 3 is 2.71 bits per heavy atom. The third-order valence-corrected chi connectivity index (χ3v) is 5.64. The molecule has 1 aliphatic heterocycles. The van der Waals surface area contributed by atoms with Crippen LogP contribution in [-0.2, 0) is 4.79 Å². The molecule has 0 unspecified atom stereocenters. The number of hydrogen-bond donors (Lipinski definition) is 0. The van der Waals surface area contributed by atoms with E-state index in [1.54, 1.807) is 30.5 Å². The minimum atomic E-state index is -0.197. The van der Waals surface area contributed by atoms with Crippen LogP contribution in [0, 0.1) is 24.2 Å². The lowest BCUT2D eigenvalue weighted by atomic mass is 9.90. The van der Waals surface area contributed by atoms with Crippen molar-refractivity contribution in [1.29, 1.82) is 5.26 Å². The molecule has 0 N–H and O–H groups in total. The topological polar surface area (TPSA) is 71.2 Å². The second kappa shape index (κ2) is 8.88. The molecule has 1 aliphatic rings. The van der Waals surface area contributed by atoms with Crippen molar-refractivity contribution in [2.45, 2.75) is 12.8 Å². The monoisotopic (exact) mass is 412 g/mol. The van der Waals surface area contributed by atoms with Crippen LogP contribution in [-0.4, -0.2) is 40.6 Å². The lowest BCUT2D eigenvalue weighted by Gasteiger charge is -2.14. The highest BCUT2D eigenvalue weighted by molar-refractivity contribution is 5.92. The Labute approximate surface area is 182 Å². The van der Waals surface area contributed by atoms with Crippen molar-refractivity contribution in [2.75, 3.05) is 20.2 Å². The third kappa shape index (κ3) is 4.36. The van der Waals surface area contributed by atoms with Gasteiger partial charge in [-0.25, -0.2) is 4.98 Å². The summed E-state index contributed by atoms with van der Waals surface area (Å²) in [7, 11) is 1.62. The summed E-state index contributed by atoms with van der Waals surface area (Å²) in [5.41, 5.74) is 3.77. The molecule has 2 atom stereocenters. The molecule has 1 saturated heterocycles. The van der Waals surface area contributed by atoms with Crippen molar-refractivity contribution in [3.8, 4) is 17.5 Å². The molecule has 1 amide bonds. The van der Waals surface area contributed by atoms with E-state index in [0.29, 0.717) is 18.8 Å². The van der Waals surface area contributed by atoms with Crippen molar-refractivity contribution in [3.63, 3.8) is 0 Å². The fraction of sp³-hybridized carbons (Fsp3) is 0.240. The van der Waals surface area contributed by atoms with Gasteiger partial charge in [-0.1, -0.05) is 36.4 Å². The van der Waals surface area contributed by atoms with Gasteiger partial charge in [-0.3, -0.25) is 4.79 Å². The van der Waals surface area contributed by atoms with Crippen LogP contribution in [0.2, 0.25) is 0 Å². The summed E-state index contributed by atoms with van der Waals surface area (Å²) in [4.78, 5) is 18.8. The number of amides is 1. The predicted octanol–water partition coefficient (Wildman–Crippen LogP) is 3.97. The molecule has 156 valence electrons. The van der Waals surface area contributed by atoms with E-state index in [2.05, 4.69) is 11.1 Å². The molecule has 0 spiro atoms. The molecule has 6 nitrogen and oxygen atoms in total. The van der Waals surface area contributed by atoms with E-state index in [-0.39, 0.29) is 17.7 Å². The van der Waals surface area contributed by atoms with E-state index in [0.717, 1.165) is 22.5 Å². The van der Waals surface area contributed by atoms with Gasteiger partial charge in [-0.2, -0.15) is 5.26 Å². The molecular weight excluding hydrogens is 388 g/mol. The van der Waals surface area contributed by atoms with Gasteiger partial charge in [0.05, 0.1) is 36.8 Å². The van der Waals surface area contributed by atoms with E-state index < -0.39 is 0 Å². The number of methoxy groups -OCH3 is 1. The number of likely N-dealkylation sites (tertiary alicyclic amines) is 1. The Kier molecular flexibility index (Phi) is 5.85. The number of rotatable bonds is 5. The maximum Gasteiger partial charge on any atom is 0.246 e. The van der Waals surface area contributed by atoms with Crippen molar-refractivity contribution in [3.05, 3.63) is 84.0 Å². The zero-order chi connectivity index (χ0) is 21.8. The quantitative estimate of drug-likeness (QED) is 0.595. The van der Waals surface area contributed by atoms with E-state index in [4.69, 9.17) is 4.74 Å². The van der Waals surface area contributed by atoms with Crippen molar-refractivity contribution in [2.24, 2.45) is 5.92 Å². The first-order chi connectivity index (χ1) is 15.1. The van der Waals surface area contributed by atoms with Crippen LogP contribution >= 0.6 is 0 Å². The van der Waals surface area contributed by atoms with Crippen molar-refractivity contribution in [1.82, 2.24) is 14.5 Å². The number of benzene rings is 2. The van der Waals surface area contributed by atoms with Crippen LogP contribution in [0.4, 0.5) is 0 Å². The fourth-order valence-electron chi connectivity index (χ4n) is 3.99. The molecule has 0 radical (unpaired) electrons. The largest absolute Gasteiger partial charge is 0.495 e. The van der Waals surface area contributed by atoms with Gasteiger partial charge < -0.3 is 14.2 Å². The molecular formula is C25H24N4O2. The second-order valence-corrected chi connectivity index (χ2v) is 7.68. The molecule has 0 bridgehead atoms. The number of carbonyl (C=O) groups excluding carboxylic acids is 1. The SMILES string of the molecule is COc1cc(C=CC(=O)N2C[C@@H](C#N)[C@H](c3ccccc3)C2)ccc1-n1cnc(C)c1. The molecule has 0 saturated carbocycles. The molecule has 2 heterocycles. The summed E-state index contributed by atoms with van der Waals surface area (Å²) in [6.45, 7) is 2.93. The number of nitrogens with zero attached hydrogens (tertiary/aromatic N) is 4. The van der Waals surface area contributed by atoms with Gasteiger partial charge >= 0.3 is 0 Å². The smallest absolute Gasteiger partial charge is 0.246 e. The number of imidazole rings is 1. The van der Waals surface area contributed by atoms with Crippen LogP contribution in [0.3, 0.4) is 0 Å². The Morgan fingerprint density at radius 2 is 2.03 bits per heavy atom. The Balaban J connectivity index is 1.48. The van der Waals surface area contributed by atoms with E-state index in [1.807, 2.05) is 66.2 Å². The highest BCUT2D eigenvalue weighted by Crippen LogP contribution is 2.32. The van der Waals surface area contributed by atoms with Gasteiger partial charge in [0, 0.05) is 31.3 Å². The van der Waals surface area contributed by atoms with Crippen molar-refractivity contribution >= 4 is 12.0 Å². The maximum atomic E-state index is 12.8. The normalized spacial score (nSPS) is 18.3. The van der Waals surface area contributed by atoms with Crippen LogP contribution < -0.4 is 4.74 Å². The second-order valence-electron chi connectivity index (χ2n) is 7.68. The number of ether oxygens (including phenoxy) is 1. The van der Waals surface area contributed by atoms with Crippen LogP contribution in [0.15, 0.2) is 67.1 Å². The summed E-state index contributed by atoms with van der Waals surface area (Å²) in [5, 5.41) is 9.56. The summed E-state index contributed by atoms with van der Waals surface area (Å²) in [6, 6.07) is 18.1. The first-order valence-electron chi connectivity index (χ1n) is 10.2. The molecule has 2 aromatic carbocycles. The number of aryl methyl sites for hydroxylation is 1. The summed E-state index contributed by atoms with van der Waals surface area (Å²) in [5.74, 6) is 0.452. The molecule has 4 rings (SSSR count). The highest BCUT2D eigenvalue weighted by atomic mass is 16.5. The Bertz CT molecular complexity index is 1140. The predicted molar refractivity (Wildman–Crippen MR) is 119 cm³/mol. The Hall–Kier alpha value is -3.85. The minimum Gasteiger partial charge on any atom is -0.495 e. The van der Waals surface area contributed by atoms with Crippen LogP contribution in [0.25, 0.3) is 11.8 Å². The summed E-state index contributed by atoms with van der Waals surface area (Å²) in [6.07, 6.45) is 7.02. The molecule has 31 heavy (non-hydrogen) atoms. The maximum absolute atomic E-state index is 12.8. The minimum absolute atomic E-state index is 0.0431. The average molecular weight is 412 g/mol. The zero-order valence-electron chi connectivity index (χ0n) is 17.6. The number of carbonyl (C=O) groups is 1. The first kappa shape index (κ1) is 20.4. The van der Waals surface area contributed by atoms with Crippen LogP contribution in [0.5, 0.6) is 5.75 Å². The van der Waals surface area contributed by atoms with E-state index in [1.165, 1.54) is 0 Å². The lowest BCUT2D eigenvalue weighted by molar-refractivity contribution is -0.125. The van der Waals surface area contributed by atoms with Crippen molar-refractivity contribution < 1.29 is 9.53 Å². The standard InChI is InChI=1S/C25H24N4O2/c1-18-14-29(17-27-18)23-10-8-19(12-24(23)31-2)9-11-25(30)28-15-21(13-26)22(16-28)20-6-4-3-5-7-20/h3-12,14,17,21-22H,15-16H2,1-2H3/t21-,22+/m1/s1. The van der Waals surface area contributed by atoms with Gasteiger partial charge in [-0.05, 0) is 36.3 Å². The molecule has 0 aliphatic carbocycles. The Morgan fingerprint density at radius 1 is 1.23 bits per heavy atom. The van der Waals surface area contributed by atoms with E-state index in [9.17, 15) is 10.1 Å². The summed E-state index contributed by atoms with van der Waals surface area (Å²) < 4.78 is 7.44. The van der Waals surface area contributed by atoms with Gasteiger partial charge in [0.15, 0.2) is 0 Å². The summed E-state index contributed by atoms with van der Waals surface area (Å²) >= 11 is 0. The lowest BCUT2D eigenvalue weighted by Crippen LogP contribution is -2.27. The molecule has 1 aromatic heterocycles. The highest BCUT2D eigenvalue weighted by Gasteiger charge is 2.35. The zero-order valence-corrected chi connectivity index (χ0v) is 17.6. The number of hydrogen-bond acceptors (Lipinski definition) is 4. The average Bonchev–Trinajstić information content (AvgIpc) is 3.44. The molecule has 6 heteroatoms. The molecule has 1 fully saturated rings. The van der Waals surface area contributed by atoms with Gasteiger partial charge in [0.1, 0.15) is 5.75 Å². The first-order valence-corrected chi connectivity index (χ1v) is 10.2. The fourth-order valence-corrected chi connectivity index (χ4v) is 3.99. The van der Waals surface area contributed by atoms with Gasteiger partial charge in [0.25, 0.3) is 0 Å². The van der Waals surface area contributed by atoms with Gasteiger partial charge in [0.2, 0.25) is 5.91 Å². The number of aromatic nitrogens is 2. The third-order valence-electron chi connectivity index (χ3n) is 5.64. The van der Waals surface area contributed by atoms with Crippen LogP contribution in [0.1, 0.15) is 22.7 Å². The van der Waals surface area contributed by atoms with Gasteiger partial charge in [-0.15, -0.1) is 0 Å². The molecule has 3 aromatic rings. The number of nitriles is 1. The van der Waals surface area contributed by atoms with E-state index >= 15 is 0 Å².